The number of methoxy groups -OCH3 is 3. The van der Waals surface area contributed by atoms with Gasteiger partial charge in [0.15, 0.2) is 5.84 Å². The molecule has 2 aliphatic rings. The van der Waals surface area contributed by atoms with Gasteiger partial charge in [0.25, 0.3) is 0 Å². The number of imidazole rings is 1. The molecule has 2 aliphatic heterocycles. The Balaban J connectivity index is 1.45. The molecule has 0 unspecified atom stereocenters. The smallest absolute Gasteiger partial charge is 0.247 e. The first-order chi connectivity index (χ1) is 23.7. The third kappa shape index (κ3) is 6.44. The largest absolute Gasteiger partial charge is 0.496 e. The Bertz CT molecular complexity index is 1940. The summed E-state index contributed by atoms with van der Waals surface area (Å²) in [5, 5.41) is 3.61. The number of hydrogen-bond donors (Lipinski definition) is 1. The Morgan fingerprint density at radius 1 is 1.02 bits per heavy atom. The highest BCUT2D eigenvalue weighted by Gasteiger charge is 2.30. The van der Waals surface area contributed by atoms with E-state index in [4.69, 9.17) is 47.1 Å². The minimum atomic E-state index is -0.342. The minimum Gasteiger partial charge on any atom is -0.496 e. The number of hydrogen-bond acceptors (Lipinski definition) is 9. The highest BCUT2D eigenvalue weighted by Crippen LogP contribution is 2.48. The van der Waals surface area contributed by atoms with E-state index in [1.54, 1.807) is 25.6 Å². The maximum atomic E-state index is 12.6. The second kappa shape index (κ2) is 14.5. The molecule has 4 aromatic rings. The van der Waals surface area contributed by atoms with Crippen LogP contribution in [0.2, 0.25) is 10.0 Å². The van der Waals surface area contributed by atoms with Gasteiger partial charge in [0, 0.05) is 61.8 Å². The topological polar surface area (TPSA) is 115 Å². The summed E-state index contributed by atoms with van der Waals surface area (Å²) in [7, 11) is 4.64. The number of ether oxygens (including phenoxy) is 4. The quantitative estimate of drug-likeness (QED) is 0.120. The fourth-order valence-electron chi connectivity index (χ4n) is 6.16. The molecule has 49 heavy (non-hydrogen) atoms. The lowest BCUT2D eigenvalue weighted by molar-refractivity contribution is -0.111. The molecule has 0 bridgehead atoms. The molecule has 1 N–H and O–H groups in total. The monoisotopic (exact) mass is 705 g/mol. The number of fused-ring (bicyclic) bond motifs is 1. The number of amides is 1. The van der Waals surface area contributed by atoms with E-state index in [-0.39, 0.29) is 11.7 Å². The Morgan fingerprint density at radius 2 is 1.69 bits per heavy atom. The van der Waals surface area contributed by atoms with Crippen LogP contribution in [0, 0.1) is 6.92 Å². The molecule has 0 saturated carbocycles. The molecule has 14 heteroatoms. The number of nitrogens with zero attached hydrogens (tertiary/aromatic N) is 6. The molecule has 0 aliphatic carbocycles. The van der Waals surface area contributed by atoms with Crippen molar-refractivity contribution in [1.29, 1.82) is 0 Å². The van der Waals surface area contributed by atoms with E-state index >= 15 is 0 Å². The van der Waals surface area contributed by atoms with Gasteiger partial charge in [-0.3, -0.25) is 14.1 Å². The van der Waals surface area contributed by atoms with Crippen LogP contribution in [-0.4, -0.2) is 99.5 Å². The number of pyridine rings is 1. The summed E-state index contributed by atoms with van der Waals surface area (Å²) in [5.74, 6) is 1.81. The predicted octanol–water partition coefficient (Wildman–Crippen LogP) is 6.07. The van der Waals surface area contributed by atoms with Crippen molar-refractivity contribution in [1.82, 2.24) is 14.3 Å². The minimum absolute atomic E-state index is 0.275. The Morgan fingerprint density at radius 3 is 2.27 bits per heavy atom. The van der Waals surface area contributed by atoms with Crippen LogP contribution in [0.3, 0.4) is 0 Å². The molecule has 1 amide bonds. The predicted molar refractivity (Wildman–Crippen MR) is 194 cm³/mol. The SMILES string of the molecule is C=CC(=O)Nc1cc(C(N=C)=Nc2c(C)cc(-c3c(Cl)c(OC)cc(OC)c3Cl)c3nccn23)c(OC)cc1N1CCN(C2COC2)CC1. The van der Waals surface area contributed by atoms with Crippen molar-refractivity contribution in [2.75, 3.05) is 70.9 Å². The molecule has 0 spiro atoms. The van der Waals surface area contributed by atoms with Crippen molar-refractivity contribution in [3.05, 3.63) is 70.5 Å². The number of aromatic nitrogens is 2. The number of aryl methyl sites for hydroxylation is 1. The van der Waals surface area contributed by atoms with Crippen molar-refractivity contribution in [3.8, 4) is 28.4 Å². The van der Waals surface area contributed by atoms with E-state index in [2.05, 4.69) is 38.4 Å². The van der Waals surface area contributed by atoms with Crippen LogP contribution in [0.25, 0.3) is 16.8 Å². The second-order valence-corrected chi connectivity index (χ2v) is 12.3. The summed E-state index contributed by atoms with van der Waals surface area (Å²) in [6.07, 6.45) is 4.68. The third-order valence-electron chi connectivity index (χ3n) is 8.82. The number of aliphatic imine (C=N–C) groups is 2. The number of amidine groups is 1. The van der Waals surface area contributed by atoms with Crippen LogP contribution >= 0.6 is 23.2 Å². The molecule has 6 rings (SSSR count). The van der Waals surface area contributed by atoms with Gasteiger partial charge in [0.1, 0.15) is 28.7 Å². The Labute approximate surface area is 294 Å². The first-order valence-corrected chi connectivity index (χ1v) is 16.3. The van der Waals surface area contributed by atoms with Crippen molar-refractivity contribution in [2.45, 2.75) is 13.0 Å². The maximum absolute atomic E-state index is 12.6. The van der Waals surface area contributed by atoms with Crippen molar-refractivity contribution < 1.29 is 23.7 Å². The maximum Gasteiger partial charge on any atom is 0.247 e. The summed E-state index contributed by atoms with van der Waals surface area (Å²) in [5.41, 5.74) is 4.41. The Kier molecular flexibility index (Phi) is 10.1. The first-order valence-electron chi connectivity index (χ1n) is 15.6. The molecule has 2 fully saturated rings. The molecule has 2 aromatic heterocycles. The van der Waals surface area contributed by atoms with E-state index in [1.807, 2.05) is 29.5 Å². The van der Waals surface area contributed by atoms with Gasteiger partial charge in [-0.1, -0.05) is 29.8 Å². The molecule has 2 saturated heterocycles. The van der Waals surface area contributed by atoms with Crippen LogP contribution in [0.5, 0.6) is 17.2 Å². The lowest BCUT2D eigenvalue weighted by Gasteiger charge is -2.43. The first kappa shape index (κ1) is 34.3. The molecule has 0 radical (unpaired) electrons. The average Bonchev–Trinajstić information content (AvgIpc) is 3.58. The van der Waals surface area contributed by atoms with E-state index < -0.39 is 0 Å². The fourth-order valence-corrected chi connectivity index (χ4v) is 6.86. The van der Waals surface area contributed by atoms with Gasteiger partial charge in [0.2, 0.25) is 5.91 Å². The van der Waals surface area contributed by atoms with E-state index in [0.717, 1.165) is 50.6 Å². The van der Waals surface area contributed by atoms with Crippen LogP contribution < -0.4 is 24.4 Å². The molecular formula is C35H37Cl2N7O5. The second-order valence-electron chi connectivity index (χ2n) is 11.5. The van der Waals surface area contributed by atoms with Gasteiger partial charge in [-0.15, -0.1) is 0 Å². The molecule has 12 nitrogen and oxygen atoms in total. The van der Waals surface area contributed by atoms with Gasteiger partial charge in [-0.05, 0) is 37.4 Å². The highest BCUT2D eigenvalue weighted by atomic mass is 35.5. The number of carbonyl (C=O) groups excluding carboxylic acids is 1. The number of nitrogens with one attached hydrogen (secondary N) is 1. The lowest BCUT2D eigenvalue weighted by atomic mass is 10.0. The van der Waals surface area contributed by atoms with E-state index in [1.165, 1.54) is 20.3 Å². The van der Waals surface area contributed by atoms with Gasteiger partial charge in [0.05, 0.1) is 67.6 Å². The van der Waals surface area contributed by atoms with E-state index in [9.17, 15) is 4.79 Å². The molecule has 4 heterocycles. The fraction of sp³-hybridized carbons (Fsp3) is 0.314. The molecular weight excluding hydrogens is 669 g/mol. The van der Waals surface area contributed by atoms with Crippen LogP contribution in [0.1, 0.15) is 11.1 Å². The van der Waals surface area contributed by atoms with Crippen molar-refractivity contribution >= 4 is 64.5 Å². The van der Waals surface area contributed by atoms with Crippen molar-refractivity contribution in [3.63, 3.8) is 0 Å². The van der Waals surface area contributed by atoms with Gasteiger partial charge >= 0.3 is 0 Å². The summed E-state index contributed by atoms with van der Waals surface area (Å²) in [6, 6.07) is 7.72. The molecule has 2 aromatic carbocycles. The van der Waals surface area contributed by atoms with E-state index in [0.29, 0.717) is 67.2 Å². The van der Waals surface area contributed by atoms with Crippen molar-refractivity contribution in [2.24, 2.45) is 9.98 Å². The number of halogens is 2. The summed E-state index contributed by atoms with van der Waals surface area (Å²) in [4.78, 5) is 31.2. The van der Waals surface area contributed by atoms with Crippen LogP contribution in [-0.2, 0) is 9.53 Å². The number of carbonyl (C=O) groups is 1. The molecule has 0 atom stereocenters. The third-order valence-corrected chi connectivity index (χ3v) is 9.57. The normalized spacial score (nSPS) is 15.6. The zero-order valence-corrected chi connectivity index (χ0v) is 29.3. The summed E-state index contributed by atoms with van der Waals surface area (Å²) >= 11 is 13.6. The zero-order chi connectivity index (χ0) is 34.8. The summed E-state index contributed by atoms with van der Waals surface area (Å²) < 4.78 is 24.1. The standard InChI is InChI=1S/C35H37Cl2N7O5/c1-7-29(45)40-24-15-22(26(46-4)16-25(24)43-12-10-42(11-13-43)21-18-49-19-21)33(38-3)41-34-20(2)14-23(35-39-8-9-44(34)35)30-31(36)27(47-5)17-28(48-6)32(30)37/h7-9,14-17,21H,1,3,10-13,18-19H2,2,4-6H3,(H,40,45). The average molecular weight is 707 g/mol. The zero-order valence-electron chi connectivity index (χ0n) is 27.8. The summed E-state index contributed by atoms with van der Waals surface area (Å²) in [6.45, 7) is 14.2. The lowest BCUT2D eigenvalue weighted by Crippen LogP contribution is -2.56. The molecule has 256 valence electrons. The van der Waals surface area contributed by atoms with Crippen LogP contribution in [0.4, 0.5) is 17.2 Å². The highest BCUT2D eigenvalue weighted by molar-refractivity contribution is 6.41. The van der Waals surface area contributed by atoms with Gasteiger partial charge in [-0.25, -0.2) is 15.0 Å². The van der Waals surface area contributed by atoms with Gasteiger partial charge in [-0.2, -0.15) is 0 Å². The van der Waals surface area contributed by atoms with Gasteiger partial charge < -0.3 is 29.2 Å². The Hall–Kier alpha value is -4.62. The van der Waals surface area contributed by atoms with Crippen LogP contribution in [0.15, 0.2) is 59.3 Å². The number of rotatable bonds is 10. The number of piperazine rings is 1. The number of anilines is 2. The number of benzene rings is 2.